The van der Waals surface area contributed by atoms with Crippen LogP contribution in [0.15, 0.2) is 22.7 Å². The van der Waals surface area contributed by atoms with Gasteiger partial charge in [-0.15, -0.1) is 0 Å². The fourth-order valence-corrected chi connectivity index (χ4v) is 2.86. The molecular formula is C12H17BrN2O3S. The summed E-state index contributed by atoms with van der Waals surface area (Å²) in [5.41, 5.74) is 1.37. The molecule has 0 aliphatic carbocycles. The maximum atomic E-state index is 11.9. The number of nitrogens with one attached hydrogen (secondary N) is 2. The van der Waals surface area contributed by atoms with Crippen LogP contribution in [0, 0.1) is 6.92 Å². The second kappa shape index (κ2) is 7.02. The number of carbonyl (C=O) groups excluding carboxylic acids is 1. The number of benzene rings is 1. The number of rotatable bonds is 6. The Balaban J connectivity index is 2.60. The summed E-state index contributed by atoms with van der Waals surface area (Å²) < 4.78 is 26.0. The molecule has 0 heterocycles. The Morgan fingerprint density at radius 1 is 1.37 bits per heavy atom. The summed E-state index contributed by atoms with van der Waals surface area (Å²) in [6, 6.07) is 5.32. The van der Waals surface area contributed by atoms with E-state index in [1.807, 2.05) is 13.0 Å². The fraction of sp³-hybridized carbons (Fsp3) is 0.417. The molecule has 7 heteroatoms. The van der Waals surface area contributed by atoms with Crippen molar-refractivity contribution in [3.63, 3.8) is 0 Å². The zero-order chi connectivity index (χ0) is 14.5. The van der Waals surface area contributed by atoms with Gasteiger partial charge >= 0.3 is 0 Å². The Bertz CT molecular complexity index is 558. The highest BCUT2D eigenvalue weighted by Gasteiger charge is 2.12. The molecule has 1 aromatic rings. The minimum atomic E-state index is -3.30. The molecule has 0 unspecified atom stereocenters. The lowest BCUT2D eigenvalue weighted by Crippen LogP contribution is -2.34. The largest absolute Gasteiger partial charge is 0.351 e. The molecule has 0 bridgehead atoms. The number of carbonyl (C=O) groups is 1. The van der Waals surface area contributed by atoms with Crippen molar-refractivity contribution in [3.05, 3.63) is 33.8 Å². The molecule has 0 spiro atoms. The Morgan fingerprint density at radius 3 is 2.68 bits per heavy atom. The van der Waals surface area contributed by atoms with Gasteiger partial charge in [0.1, 0.15) is 0 Å². The zero-order valence-corrected chi connectivity index (χ0v) is 13.3. The number of halogens is 1. The molecule has 0 aromatic heterocycles. The lowest BCUT2D eigenvalue weighted by Gasteiger charge is -2.09. The van der Waals surface area contributed by atoms with Crippen LogP contribution >= 0.6 is 15.9 Å². The summed E-state index contributed by atoms with van der Waals surface area (Å²) in [5, 5.41) is 2.60. The molecule has 0 radical (unpaired) electrons. The maximum Gasteiger partial charge on any atom is 0.251 e. The van der Waals surface area contributed by atoms with Crippen molar-refractivity contribution in [1.29, 1.82) is 0 Å². The fourth-order valence-electron chi connectivity index (χ4n) is 1.54. The van der Waals surface area contributed by atoms with Crippen LogP contribution in [0.5, 0.6) is 0 Å². The second-order valence-corrected chi connectivity index (χ2v) is 6.77. The van der Waals surface area contributed by atoms with Gasteiger partial charge in [0, 0.05) is 23.1 Å². The summed E-state index contributed by atoms with van der Waals surface area (Å²) in [4.78, 5) is 11.9. The molecule has 0 saturated carbocycles. The van der Waals surface area contributed by atoms with Crippen LogP contribution in [0.4, 0.5) is 0 Å². The van der Waals surface area contributed by atoms with Crippen LogP contribution in [0.3, 0.4) is 0 Å². The van der Waals surface area contributed by atoms with Crippen LogP contribution in [0.25, 0.3) is 0 Å². The summed E-state index contributed by atoms with van der Waals surface area (Å²) in [5.74, 6) is -0.398. The third kappa shape index (κ3) is 4.93. The van der Waals surface area contributed by atoms with Gasteiger partial charge in [-0.25, -0.2) is 13.1 Å². The number of sulfonamides is 1. The van der Waals surface area contributed by atoms with Gasteiger partial charge in [-0.05, 0) is 24.6 Å². The van der Waals surface area contributed by atoms with E-state index in [-0.39, 0.29) is 18.2 Å². The quantitative estimate of drug-likeness (QED) is 0.816. The molecule has 1 aromatic carbocycles. The van der Waals surface area contributed by atoms with Crippen LogP contribution in [0.1, 0.15) is 22.8 Å². The Hall–Kier alpha value is -0.920. The smallest absolute Gasteiger partial charge is 0.251 e. The monoisotopic (exact) mass is 348 g/mol. The van der Waals surface area contributed by atoms with Gasteiger partial charge in [0.15, 0.2) is 0 Å². The van der Waals surface area contributed by atoms with Crippen LogP contribution < -0.4 is 10.0 Å². The second-order valence-electron chi connectivity index (χ2n) is 3.99. The summed E-state index contributed by atoms with van der Waals surface area (Å²) in [6.45, 7) is 3.97. The highest BCUT2D eigenvalue weighted by molar-refractivity contribution is 9.10. The number of hydrogen-bond acceptors (Lipinski definition) is 3. The van der Waals surface area contributed by atoms with Gasteiger partial charge in [0.2, 0.25) is 10.0 Å². The third-order valence-corrected chi connectivity index (χ3v) is 4.86. The van der Waals surface area contributed by atoms with Crippen LogP contribution in [-0.4, -0.2) is 33.2 Å². The van der Waals surface area contributed by atoms with Gasteiger partial charge < -0.3 is 5.32 Å². The van der Waals surface area contributed by atoms with Crippen molar-refractivity contribution < 1.29 is 13.2 Å². The van der Waals surface area contributed by atoms with E-state index in [0.29, 0.717) is 12.1 Å². The van der Waals surface area contributed by atoms with Crippen molar-refractivity contribution >= 4 is 31.9 Å². The highest BCUT2D eigenvalue weighted by Crippen LogP contribution is 2.19. The molecule has 0 aliphatic heterocycles. The first-order chi connectivity index (χ1) is 8.87. The Morgan fingerprint density at radius 2 is 2.05 bits per heavy atom. The highest BCUT2D eigenvalue weighted by atomic mass is 79.9. The molecule has 0 aliphatic rings. The summed E-state index contributed by atoms with van der Waals surface area (Å²) >= 11 is 3.35. The molecule has 106 valence electrons. The van der Waals surface area contributed by atoms with Gasteiger partial charge in [0.05, 0.1) is 5.75 Å². The maximum absolute atomic E-state index is 11.9. The van der Waals surface area contributed by atoms with E-state index in [1.165, 1.54) is 0 Å². The van der Waals surface area contributed by atoms with E-state index in [1.54, 1.807) is 19.1 Å². The standard InChI is InChI=1S/C12H17BrN2O3S/c1-3-15-19(17,18)8-7-14-12(16)10-5-4-6-11(13)9(10)2/h4-6,15H,3,7-8H2,1-2H3,(H,14,16). The van der Waals surface area contributed by atoms with Gasteiger partial charge in [0.25, 0.3) is 5.91 Å². The minimum absolute atomic E-state index is 0.0835. The van der Waals surface area contributed by atoms with Gasteiger partial charge in [-0.2, -0.15) is 0 Å². The zero-order valence-electron chi connectivity index (χ0n) is 10.9. The lowest BCUT2D eigenvalue weighted by atomic mass is 10.1. The predicted octanol–water partition coefficient (Wildman–Crippen LogP) is 1.43. The van der Waals surface area contributed by atoms with Crippen molar-refractivity contribution in [3.8, 4) is 0 Å². The van der Waals surface area contributed by atoms with Crippen molar-refractivity contribution in [2.45, 2.75) is 13.8 Å². The average Bonchev–Trinajstić information content (AvgIpc) is 2.32. The molecule has 5 nitrogen and oxygen atoms in total. The Labute approximate surface area is 122 Å². The van der Waals surface area contributed by atoms with Crippen LogP contribution in [-0.2, 0) is 10.0 Å². The van der Waals surface area contributed by atoms with Crippen LogP contribution in [0.2, 0.25) is 0 Å². The molecule has 1 amide bonds. The molecule has 0 fully saturated rings. The SMILES string of the molecule is CCNS(=O)(=O)CCNC(=O)c1cccc(Br)c1C. The minimum Gasteiger partial charge on any atom is -0.351 e. The molecule has 1 rings (SSSR count). The topological polar surface area (TPSA) is 75.3 Å². The molecule has 0 saturated heterocycles. The number of hydrogen-bond donors (Lipinski definition) is 2. The van der Waals surface area contributed by atoms with Crippen molar-refractivity contribution in [2.24, 2.45) is 0 Å². The summed E-state index contributed by atoms with van der Waals surface area (Å²) in [6.07, 6.45) is 0. The van der Waals surface area contributed by atoms with E-state index >= 15 is 0 Å². The van der Waals surface area contributed by atoms with E-state index < -0.39 is 10.0 Å². The van der Waals surface area contributed by atoms with Gasteiger partial charge in [-0.3, -0.25) is 4.79 Å². The molecular weight excluding hydrogens is 332 g/mol. The Kier molecular flexibility index (Phi) is 5.96. The normalized spacial score (nSPS) is 11.3. The van der Waals surface area contributed by atoms with Crippen molar-refractivity contribution in [2.75, 3.05) is 18.8 Å². The molecule has 0 atom stereocenters. The van der Waals surface area contributed by atoms with E-state index in [2.05, 4.69) is 26.0 Å². The molecule has 19 heavy (non-hydrogen) atoms. The number of amides is 1. The van der Waals surface area contributed by atoms with E-state index in [0.717, 1.165) is 10.0 Å². The predicted molar refractivity (Wildman–Crippen MR) is 78.7 cm³/mol. The first-order valence-corrected chi connectivity index (χ1v) is 8.32. The summed E-state index contributed by atoms with van der Waals surface area (Å²) in [7, 11) is -3.30. The van der Waals surface area contributed by atoms with Crippen molar-refractivity contribution in [1.82, 2.24) is 10.0 Å². The first kappa shape index (κ1) is 16.1. The molecule has 2 N–H and O–H groups in total. The van der Waals surface area contributed by atoms with E-state index in [4.69, 9.17) is 0 Å². The lowest BCUT2D eigenvalue weighted by molar-refractivity contribution is 0.0955. The van der Waals surface area contributed by atoms with Gasteiger partial charge in [-0.1, -0.05) is 28.9 Å². The average molecular weight is 349 g/mol. The van der Waals surface area contributed by atoms with E-state index in [9.17, 15) is 13.2 Å². The third-order valence-electron chi connectivity index (χ3n) is 2.53. The first-order valence-electron chi connectivity index (χ1n) is 5.88.